The average Bonchev–Trinajstić information content (AvgIpc) is 2.73. The van der Waals surface area contributed by atoms with Crippen LogP contribution in [0.4, 0.5) is 4.79 Å². The number of hydrogen-bond donors (Lipinski definition) is 2. The Balaban J connectivity index is 1.93. The zero-order chi connectivity index (χ0) is 17.9. The SMILES string of the molecule is CC(C)CC[C@H](C)NC(=O)CN1C(=O)N[C@]2(CCCC[C@@H]2C)C1=O. The molecule has 4 amide bonds. The van der Waals surface area contributed by atoms with Gasteiger partial charge < -0.3 is 10.6 Å². The smallest absolute Gasteiger partial charge is 0.325 e. The van der Waals surface area contributed by atoms with E-state index in [0.29, 0.717) is 12.3 Å². The molecule has 6 nitrogen and oxygen atoms in total. The summed E-state index contributed by atoms with van der Waals surface area (Å²) in [6.45, 7) is 8.07. The molecule has 2 aliphatic rings. The van der Waals surface area contributed by atoms with E-state index in [1.165, 1.54) is 0 Å². The first kappa shape index (κ1) is 18.7. The van der Waals surface area contributed by atoms with Crippen molar-refractivity contribution in [3.8, 4) is 0 Å². The predicted molar refractivity (Wildman–Crippen MR) is 92.3 cm³/mol. The van der Waals surface area contributed by atoms with Crippen LogP contribution in [0.25, 0.3) is 0 Å². The molecule has 1 spiro atoms. The molecule has 0 aromatic carbocycles. The molecule has 136 valence electrons. The number of imide groups is 1. The summed E-state index contributed by atoms with van der Waals surface area (Å²) in [4.78, 5) is 38.4. The fourth-order valence-corrected chi connectivity index (χ4v) is 3.76. The molecule has 6 heteroatoms. The lowest BCUT2D eigenvalue weighted by molar-refractivity contribution is -0.137. The molecule has 2 N–H and O–H groups in total. The Hall–Kier alpha value is -1.59. The standard InChI is InChI=1S/C18H31N3O3/c1-12(2)8-9-14(4)19-15(22)11-21-16(23)18(20-17(21)24)10-6-5-7-13(18)3/h12-14H,5-11H2,1-4H3,(H,19,22)(H,20,24)/t13-,14-,18-/m0/s1. The predicted octanol–water partition coefficient (Wildman–Crippen LogP) is 2.43. The molecule has 0 unspecified atom stereocenters. The lowest BCUT2D eigenvalue weighted by Gasteiger charge is -2.36. The van der Waals surface area contributed by atoms with Gasteiger partial charge in [0, 0.05) is 6.04 Å². The summed E-state index contributed by atoms with van der Waals surface area (Å²) in [6, 6.07) is -0.387. The fraction of sp³-hybridized carbons (Fsp3) is 0.833. The van der Waals surface area contributed by atoms with Crippen molar-refractivity contribution in [2.75, 3.05) is 6.54 Å². The van der Waals surface area contributed by atoms with Crippen molar-refractivity contribution in [3.63, 3.8) is 0 Å². The van der Waals surface area contributed by atoms with Crippen LogP contribution in [0.3, 0.4) is 0 Å². The van der Waals surface area contributed by atoms with Crippen LogP contribution in [0, 0.1) is 11.8 Å². The van der Waals surface area contributed by atoms with E-state index < -0.39 is 11.6 Å². The lowest BCUT2D eigenvalue weighted by Crippen LogP contribution is -2.54. The minimum absolute atomic E-state index is 0.0447. The Labute approximate surface area is 144 Å². The third-order valence-corrected chi connectivity index (χ3v) is 5.39. The molecule has 1 saturated carbocycles. The van der Waals surface area contributed by atoms with Crippen molar-refractivity contribution in [2.24, 2.45) is 11.8 Å². The zero-order valence-corrected chi connectivity index (χ0v) is 15.4. The van der Waals surface area contributed by atoms with Gasteiger partial charge in [0.15, 0.2) is 0 Å². The first-order valence-electron chi connectivity index (χ1n) is 9.19. The number of rotatable bonds is 6. The Morgan fingerprint density at radius 3 is 2.62 bits per heavy atom. The Morgan fingerprint density at radius 1 is 1.29 bits per heavy atom. The van der Waals surface area contributed by atoms with Gasteiger partial charge in [-0.1, -0.05) is 33.6 Å². The third kappa shape index (κ3) is 3.90. The van der Waals surface area contributed by atoms with E-state index in [1.807, 2.05) is 13.8 Å². The number of carbonyl (C=O) groups excluding carboxylic acids is 3. The molecular formula is C18H31N3O3. The number of nitrogens with one attached hydrogen (secondary N) is 2. The summed E-state index contributed by atoms with van der Waals surface area (Å²) in [5.74, 6) is 0.198. The highest BCUT2D eigenvalue weighted by Crippen LogP contribution is 2.38. The van der Waals surface area contributed by atoms with Crippen molar-refractivity contribution >= 4 is 17.8 Å². The molecular weight excluding hydrogens is 306 g/mol. The normalized spacial score (nSPS) is 28.4. The molecule has 1 aliphatic carbocycles. The van der Waals surface area contributed by atoms with Crippen LogP contribution < -0.4 is 10.6 Å². The van der Waals surface area contributed by atoms with Crippen molar-refractivity contribution in [1.29, 1.82) is 0 Å². The Bertz CT molecular complexity index is 506. The molecule has 2 rings (SSSR count). The number of amides is 4. The maximum atomic E-state index is 12.8. The Morgan fingerprint density at radius 2 is 2.00 bits per heavy atom. The second kappa shape index (κ2) is 7.53. The summed E-state index contributed by atoms with van der Waals surface area (Å²) < 4.78 is 0. The lowest BCUT2D eigenvalue weighted by atomic mass is 9.73. The van der Waals surface area contributed by atoms with E-state index >= 15 is 0 Å². The van der Waals surface area contributed by atoms with Crippen LogP contribution in [-0.4, -0.2) is 40.9 Å². The van der Waals surface area contributed by atoms with Crippen LogP contribution in [0.1, 0.15) is 66.2 Å². The topological polar surface area (TPSA) is 78.5 Å². The van der Waals surface area contributed by atoms with Gasteiger partial charge in [0.2, 0.25) is 5.91 Å². The van der Waals surface area contributed by atoms with E-state index in [-0.39, 0.29) is 30.3 Å². The average molecular weight is 337 g/mol. The monoisotopic (exact) mass is 337 g/mol. The fourth-order valence-electron chi connectivity index (χ4n) is 3.76. The summed E-state index contributed by atoms with van der Waals surface area (Å²) >= 11 is 0. The van der Waals surface area contributed by atoms with Crippen LogP contribution in [0.2, 0.25) is 0 Å². The molecule has 0 radical (unpaired) electrons. The van der Waals surface area contributed by atoms with Crippen LogP contribution in [0.5, 0.6) is 0 Å². The van der Waals surface area contributed by atoms with Gasteiger partial charge in [0.25, 0.3) is 5.91 Å². The van der Waals surface area contributed by atoms with Crippen LogP contribution >= 0.6 is 0 Å². The summed E-state index contributed by atoms with van der Waals surface area (Å²) in [5, 5.41) is 5.77. The van der Waals surface area contributed by atoms with Crippen molar-refractivity contribution in [1.82, 2.24) is 15.5 Å². The summed E-state index contributed by atoms with van der Waals surface area (Å²) in [6.07, 6.45) is 5.54. The van der Waals surface area contributed by atoms with E-state index in [2.05, 4.69) is 24.5 Å². The van der Waals surface area contributed by atoms with Gasteiger partial charge in [-0.3, -0.25) is 14.5 Å². The van der Waals surface area contributed by atoms with E-state index in [4.69, 9.17) is 0 Å². The van der Waals surface area contributed by atoms with Gasteiger partial charge in [0.05, 0.1) is 0 Å². The second-order valence-corrected chi connectivity index (χ2v) is 7.88. The maximum absolute atomic E-state index is 12.8. The molecule has 1 heterocycles. The van der Waals surface area contributed by atoms with Gasteiger partial charge in [-0.25, -0.2) is 4.79 Å². The molecule has 24 heavy (non-hydrogen) atoms. The minimum Gasteiger partial charge on any atom is -0.352 e. The largest absolute Gasteiger partial charge is 0.352 e. The Kier molecular flexibility index (Phi) is 5.88. The van der Waals surface area contributed by atoms with E-state index in [0.717, 1.165) is 37.0 Å². The van der Waals surface area contributed by atoms with Gasteiger partial charge >= 0.3 is 6.03 Å². The highest BCUT2D eigenvalue weighted by Gasteiger charge is 2.55. The molecule has 1 aliphatic heterocycles. The van der Waals surface area contributed by atoms with Gasteiger partial charge in [-0.05, 0) is 44.4 Å². The number of hydrogen-bond acceptors (Lipinski definition) is 3. The summed E-state index contributed by atoms with van der Waals surface area (Å²) in [5.41, 5.74) is -0.793. The highest BCUT2D eigenvalue weighted by molar-refractivity contribution is 6.09. The van der Waals surface area contributed by atoms with Crippen LogP contribution in [0.15, 0.2) is 0 Å². The van der Waals surface area contributed by atoms with Gasteiger partial charge in [-0.15, -0.1) is 0 Å². The van der Waals surface area contributed by atoms with Crippen LogP contribution in [-0.2, 0) is 9.59 Å². The molecule has 2 fully saturated rings. The maximum Gasteiger partial charge on any atom is 0.325 e. The number of urea groups is 1. The molecule has 0 aromatic heterocycles. The van der Waals surface area contributed by atoms with Crippen molar-refractivity contribution in [3.05, 3.63) is 0 Å². The highest BCUT2D eigenvalue weighted by atomic mass is 16.2. The van der Waals surface area contributed by atoms with E-state index in [9.17, 15) is 14.4 Å². The number of nitrogens with zero attached hydrogens (tertiary/aromatic N) is 1. The molecule has 1 saturated heterocycles. The quantitative estimate of drug-likeness (QED) is 0.731. The van der Waals surface area contributed by atoms with Gasteiger partial charge in [-0.2, -0.15) is 0 Å². The first-order chi connectivity index (χ1) is 11.3. The number of carbonyl (C=O) groups is 3. The van der Waals surface area contributed by atoms with Crippen molar-refractivity contribution in [2.45, 2.75) is 77.8 Å². The van der Waals surface area contributed by atoms with Crippen molar-refractivity contribution < 1.29 is 14.4 Å². The first-order valence-corrected chi connectivity index (χ1v) is 9.19. The summed E-state index contributed by atoms with van der Waals surface area (Å²) in [7, 11) is 0. The molecule has 0 bridgehead atoms. The molecule has 0 aromatic rings. The van der Waals surface area contributed by atoms with Gasteiger partial charge in [0.1, 0.15) is 12.1 Å². The second-order valence-electron chi connectivity index (χ2n) is 7.88. The molecule has 3 atom stereocenters. The minimum atomic E-state index is -0.793. The third-order valence-electron chi connectivity index (χ3n) is 5.39. The van der Waals surface area contributed by atoms with E-state index in [1.54, 1.807) is 0 Å². The zero-order valence-electron chi connectivity index (χ0n) is 15.4.